The number of rotatable bonds is 1. The fourth-order valence-corrected chi connectivity index (χ4v) is 4.45. The number of hydrogen-bond donors (Lipinski definition) is 0. The first-order valence-electron chi connectivity index (χ1n) is 8.66. The molecule has 2 fully saturated rings. The smallest absolute Gasteiger partial charge is 0.229 e. The van der Waals surface area contributed by atoms with E-state index in [-0.39, 0.29) is 0 Å². The van der Waals surface area contributed by atoms with E-state index in [2.05, 4.69) is 0 Å². The second-order valence-electron chi connectivity index (χ2n) is 8.23. The normalized spacial score (nSPS) is 42.8. The van der Waals surface area contributed by atoms with Crippen LogP contribution in [-0.2, 0) is 0 Å². The Morgan fingerprint density at radius 3 is 0.800 bits per heavy atom. The molecular weight excluding hydrogens is 662 g/mol. The van der Waals surface area contributed by atoms with Gasteiger partial charge in [0.1, 0.15) is 0 Å². The molecule has 2 saturated carbocycles. The highest BCUT2D eigenvalue weighted by Gasteiger charge is 3.19. The maximum Gasteiger partial charge on any atom is 0.457 e. The van der Waals surface area contributed by atoms with Gasteiger partial charge in [-0.3, -0.25) is 0 Å². The van der Waals surface area contributed by atoms with Crippen molar-refractivity contribution < 1.29 is 114 Å². The summed E-state index contributed by atoms with van der Waals surface area (Å²) in [4.78, 5) is 0. The molecule has 0 aromatic carbocycles. The quantitative estimate of drug-likeness (QED) is 0.250. The van der Waals surface area contributed by atoms with Gasteiger partial charge >= 0.3 is 59.7 Å². The summed E-state index contributed by atoms with van der Waals surface area (Å²) >= 11 is 0. The van der Waals surface area contributed by atoms with Crippen molar-refractivity contribution in [2.24, 2.45) is 0 Å². The molecule has 0 nitrogen and oxygen atoms in total. The zero-order chi connectivity index (χ0) is 33.0. The van der Waals surface area contributed by atoms with Crippen LogP contribution in [-0.4, -0.2) is 82.4 Å². The summed E-state index contributed by atoms with van der Waals surface area (Å²) in [6, 6.07) is 0. The van der Waals surface area contributed by atoms with E-state index in [9.17, 15) is 101 Å². The van der Waals surface area contributed by atoms with Crippen molar-refractivity contribution in [3.63, 3.8) is 0 Å². The first-order chi connectivity index (χ1) is 16.8. The van der Waals surface area contributed by atoms with Crippen LogP contribution < -0.4 is 0 Å². The molecule has 26 heteroatoms. The molecule has 0 aliphatic heterocycles. The van der Waals surface area contributed by atoms with Gasteiger partial charge in [0.25, 0.3) is 22.7 Å². The topological polar surface area (TPSA) is 0 Å². The molecule has 0 radical (unpaired) electrons. The summed E-state index contributed by atoms with van der Waals surface area (Å²) in [6.07, 6.45) is -27.8. The van der Waals surface area contributed by atoms with Gasteiger partial charge < -0.3 is 0 Å². The first kappa shape index (κ1) is 34.4. The molecule has 2 aliphatic rings. The second-order valence-corrected chi connectivity index (χ2v) is 8.23. The van der Waals surface area contributed by atoms with Crippen LogP contribution in [0.25, 0.3) is 0 Å². The van der Waals surface area contributed by atoms with Crippen LogP contribution in [0.15, 0.2) is 0 Å². The largest absolute Gasteiger partial charge is 0.457 e. The minimum absolute atomic E-state index is 9.03. The lowest BCUT2D eigenvalue weighted by Crippen LogP contribution is -3.04. The molecule has 2 rings (SSSR count). The first-order valence-corrected chi connectivity index (χ1v) is 8.66. The summed E-state index contributed by atoms with van der Waals surface area (Å²) in [5.41, 5.74) is -50.9. The minimum Gasteiger partial charge on any atom is -0.229 e. The third-order valence-electron chi connectivity index (χ3n) is 6.38. The lowest BCUT2D eigenvalue weighted by atomic mass is 9.44. The fraction of sp³-hybridized carbons (Fsp3) is 1.00. The Kier molecular flexibility index (Phi) is 6.19. The van der Waals surface area contributed by atoms with E-state index >= 15 is 13.2 Å². The molecular formula is C14F26. The van der Waals surface area contributed by atoms with Gasteiger partial charge in [-0.15, -0.1) is 0 Å². The predicted octanol–water partition coefficient (Wildman–Crippen LogP) is 8.05. The highest BCUT2D eigenvalue weighted by molar-refractivity contribution is 5.50. The van der Waals surface area contributed by atoms with Gasteiger partial charge in [-0.1, -0.05) is 0 Å². The number of hydrogen-bond acceptors (Lipinski definition) is 0. The van der Waals surface area contributed by atoms with Gasteiger partial charge in [0, 0.05) is 0 Å². The van der Waals surface area contributed by atoms with Gasteiger partial charge in [0.2, 0.25) is 0 Å². The molecule has 0 heterocycles. The van der Waals surface area contributed by atoms with Crippen molar-refractivity contribution in [1.29, 1.82) is 0 Å². The van der Waals surface area contributed by atoms with Crippen molar-refractivity contribution in [2.45, 2.75) is 82.4 Å². The van der Waals surface area contributed by atoms with E-state index in [0.717, 1.165) is 0 Å². The molecule has 0 aromatic rings. The lowest BCUT2D eigenvalue weighted by Gasteiger charge is -2.68. The maximum atomic E-state index is 15.3. The average molecular weight is 662 g/mol. The van der Waals surface area contributed by atoms with E-state index in [1.54, 1.807) is 0 Å². The van der Waals surface area contributed by atoms with Crippen LogP contribution in [0.4, 0.5) is 114 Å². The zero-order valence-electron chi connectivity index (χ0n) is 16.8. The van der Waals surface area contributed by atoms with Crippen molar-refractivity contribution in [3.8, 4) is 0 Å². The summed E-state index contributed by atoms with van der Waals surface area (Å²) < 4.78 is 361. The number of halogens is 26. The molecule has 0 aromatic heterocycles. The SMILES string of the molecule is FC(F)(F)C(F)(F)[C@@]1(F)[C@@](F)(C(F)(F)F)[C@@](F)(C(F)(F)F)C(F)(F)[C@@]2(F)C(F)(F)C(F)(F)C(F)(F)C(F)(F)[C@@]21F. The lowest BCUT2D eigenvalue weighted by molar-refractivity contribution is -0.573. The van der Waals surface area contributed by atoms with Gasteiger partial charge in [0.05, 0.1) is 0 Å². The van der Waals surface area contributed by atoms with Crippen LogP contribution in [0.3, 0.4) is 0 Å². The Balaban J connectivity index is 3.71. The summed E-state index contributed by atoms with van der Waals surface area (Å²) in [7, 11) is 0. The van der Waals surface area contributed by atoms with E-state index < -0.39 is 82.4 Å². The van der Waals surface area contributed by atoms with E-state index in [1.807, 2.05) is 0 Å². The third kappa shape index (κ3) is 2.52. The standard InChI is InChI=1S/C14F26/c15-1(9(26,27)14(38,39)40)2(16)4(18,8(24,25)11(30,31)10(28,29)7(2,22)23)6(20,21)5(19,13(35,36)37)3(1,17)12(32,33)34/t1-,2-,3-,4+,5-/m0/s1. The van der Waals surface area contributed by atoms with Crippen molar-refractivity contribution in [2.75, 3.05) is 0 Å². The summed E-state index contributed by atoms with van der Waals surface area (Å²) in [5, 5.41) is 0. The zero-order valence-corrected chi connectivity index (χ0v) is 16.8. The predicted molar refractivity (Wildman–Crippen MR) is 67.0 cm³/mol. The highest BCUT2D eigenvalue weighted by atomic mass is 19.4. The fourth-order valence-electron chi connectivity index (χ4n) is 4.45. The van der Waals surface area contributed by atoms with Crippen molar-refractivity contribution in [1.82, 2.24) is 0 Å². The van der Waals surface area contributed by atoms with E-state index in [4.69, 9.17) is 0 Å². The highest BCUT2D eigenvalue weighted by Crippen LogP contribution is 2.85. The van der Waals surface area contributed by atoms with E-state index in [0.29, 0.717) is 0 Å². The van der Waals surface area contributed by atoms with Crippen molar-refractivity contribution >= 4 is 0 Å². The summed E-state index contributed by atoms with van der Waals surface area (Å²) in [5.74, 6) is -57.1. The van der Waals surface area contributed by atoms with Gasteiger partial charge in [-0.25, -0.2) is 22.0 Å². The van der Waals surface area contributed by atoms with Gasteiger partial charge in [-0.05, 0) is 0 Å². The molecule has 238 valence electrons. The second kappa shape index (κ2) is 7.21. The molecule has 0 unspecified atom stereocenters. The van der Waals surface area contributed by atoms with Gasteiger partial charge in [0.15, 0.2) is 0 Å². The minimum atomic E-state index is -10.5. The molecule has 2 aliphatic carbocycles. The summed E-state index contributed by atoms with van der Waals surface area (Å²) in [6.45, 7) is 0. The van der Waals surface area contributed by atoms with Crippen LogP contribution in [0.1, 0.15) is 0 Å². The van der Waals surface area contributed by atoms with Crippen LogP contribution in [0.5, 0.6) is 0 Å². The Morgan fingerprint density at radius 2 is 0.550 bits per heavy atom. The Morgan fingerprint density at radius 1 is 0.275 bits per heavy atom. The molecule has 0 spiro atoms. The number of fused-ring (bicyclic) bond motifs is 1. The van der Waals surface area contributed by atoms with Crippen LogP contribution >= 0.6 is 0 Å². The van der Waals surface area contributed by atoms with Gasteiger partial charge in [-0.2, -0.15) is 92.2 Å². The average Bonchev–Trinajstić information content (AvgIpc) is 2.70. The molecule has 0 N–H and O–H groups in total. The maximum absolute atomic E-state index is 15.3. The molecule has 0 amide bonds. The van der Waals surface area contributed by atoms with Crippen molar-refractivity contribution in [3.05, 3.63) is 0 Å². The number of alkyl halides is 26. The van der Waals surface area contributed by atoms with E-state index in [1.165, 1.54) is 0 Å². The molecule has 5 atom stereocenters. The van der Waals surface area contributed by atoms with Crippen LogP contribution in [0.2, 0.25) is 0 Å². The van der Waals surface area contributed by atoms with Crippen LogP contribution in [0, 0.1) is 0 Å². The Bertz CT molecular complexity index is 1060. The monoisotopic (exact) mass is 662 g/mol. The molecule has 0 bridgehead atoms. The molecule has 40 heavy (non-hydrogen) atoms. The Hall–Kier alpha value is -1.82. The Labute approximate surface area is 198 Å². The molecule has 0 saturated heterocycles. The third-order valence-corrected chi connectivity index (χ3v) is 6.38.